The number of thioether (sulfide) groups is 1. The Morgan fingerprint density at radius 2 is 2.03 bits per heavy atom. The van der Waals surface area contributed by atoms with Crippen LogP contribution in [0.4, 0.5) is 4.39 Å². The van der Waals surface area contributed by atoms with Crippen LogP contribution in [0.2, 0.25) is 0 Å². The Labute approximate surface area is 192 Å². The molecule has 2 aliphatic heterocycles. The van der Waals surface area contributed by atoms with Crippen LogP contribution < -0.4 is 5.32 Å². The molecular weight excluding hydrogens is 429 g/mol. The van der Waals surface area contributed by atoms with Gasteiger partial charge in [0.15, 0.2) is 0 Å². The van der Waals surface area contributed by atoms with Gasteiger partial charge in [-0.25, -0.2) is 4.39 Å². The van der Waals surface area contributed by atoms with Crippen LogP contribution >= 0.6 is 11.8 Å². The van der Waals surface area contributed by atoms with Crippen molar-refractivity contribution in [3.05, 3.63) is 59.8 Å². The minimum Gasteiger partial charge on any atom is -0.472 e. The molecule has 4 rings (SSSR count). The SMILES string of the molecule is CC1CCCCN1CCCNC(=O)C1CSC(c2ccoc2)N1C(=O)c1ccc(F)cc1. The van der Waals surface area contributed by atoms with E-state index in [-0.39, 0.29) is 17.2 Å². The minimum absolute atomic E-state index is 0.148. The normalized spacial score (nSPS) is 23.9. The van der Waals surface area contributed by atoms with Gasteiger partial charge in [-0.2, -0.15) is 0 Å². The zero-order valence-corrected chi connectivity index (χ0v) is 19.2. The molecule has 2 amide bonds. The molecule has 1 N–H and O–H groups in total. The Morgan fingerprint density at radius 3 is 2.75 bits per heavy atom. The smallest absolute Gasteiger partial charge is 0.255 e. The van der Waals surface area contributed by atoms with Gasteiger partial charge in [-0.15, -0.1) is 11.8 Å². The number of nitrogens with zero attached hydrogens (tertiary/aromatic N) is 2. The number of hydrogen-bond acceptors (Lipinski definition) is 5. The maximum atomic E-state index is 13.4. The van der Waals surface area contributed by atoms with Crippen molar-refractivity contribution >= 4 is 23.6 Å². The number of halogens is 1. The largest absolute Gasteiger partial charge is 0.472 e. The number of carbonyl (C=O) groups is 2. The summed E-state index contributed by atoms with van der Waals surface area (Å²) in [7, 11) is 0. The second kappa shape index (κ2) is 10.5. The van der Waals surface area contributed by atoms with E-state index in [1.165, 1.54) is 55.3 Å². The van der Waals surface area contributed by atoms with Crippen molar-refractivity contribution in [2.75, 3.05) is 25.4 Å². The molecule has 3 heterocycles. The first-order valence-corrected chi connectivity index (χ1v) is 12.3. The monoisotopic (exact) mass is 459 g/mol. The highest BCUT2D eigenvalue weighted by Gasteiger charge is 2.42. The molecule has 0 radical (unpaired) electrons. The van der Waals surface area contributed by atoms with Gasteiger partial charge in [-0.1, -0.05) is 6.42 Å². The van der Waals surface area contributed by atoms with E-state index in [0.29, 0.717) is 23.9 Å². The van der Waals surface area contributed by atoms with Crippen molar-refractivity contribution in [3.63, 3.8) is 0 Å². The molecule has 32 heavy (non-hydrogen) atoms. The van der Waals surface area contributed by atoms with E-state index >= 15 is 0 Å². The third kappa shape index (κ3) is 5.18. The Kier molecular flexibility index (Phi) is 7.52. The van der Waals surface area contributed by atoms with Crippen LogP contribution in [0.5, 0.6) is 0 Å². The predicted octanol–water partition coefficient (Wildman–Crippen LogP) is 4.06. The molecule has 0 aliphatic carbocycles. The molecule has 2 aromatic rings. The van der Waals surface area contributed by atoms with Gasteiger partial charge in [-0.3, -0.25) is 9.59 Å². The van der Waals surface area contributed by atoms with Crippen LogP contribution in [0.15, 0.2) is 47.3 Å². The van der Waals surface area contributed by atoms with Crippen LogP contribution in [0.25, 0.3) is 0 Å². The fourth-order valence-corrected chi connectivity index (χ4v) is 5.88. The lowest BCUT2D eigenvalue weighted by atomic mass is 10.0. The number of carbonyl (C=O) groups excluding carboxylic acids is 2. The van der Waals surface area contributed by atoms with Gasteiger partial charge in [0.05, 0.1) is 12.5 Å². The van der Waals surface area contributed by atoms with Gasteiger partial charge in [0.1, 0.15) is 17.2 Å². The van der Waals surface area contributed by atoms with Crippen molar-refractivity contribution in [2.45, 2.75) is 50.1 Å². The molecule has 2 fully saturated rings. The Morgan fingerprint density at radius 1 is 1.22 bits per heavy atom. The molecule has 0 saturated carbocycles. The van der Waals surface area contributed by atoms with Crippen molar-refractivity contribution in [3.8, 4) is 0 Å². The Balaban J connectivity index is 1.40. The van der Waals surface area contributed by atoms with E-state index in [4.69, 9.17) is 4.42 Å². The van der Waals surface area contributed by atoms with E-state index in [1.807, 2.05) is 6.07 Å². The molecule has 2 saturated heterocycles. The lowest BCUT2D eigenvalue weighted by molar-refractivity contribution is -0.124. The molecule has 1 aromatic carbocycles. The molecule has 172 valence electrons. The molecule has 3 atom stereocenters. The maximum absolute atomic E-state index is 13.4. The average molecular weight is 460 g/mol. The molecule has 8 heteroatoms. The fraction of sp³-hybridized carbons (Fsp3) is 0.500. The van der Waals surface area contributed by atoms with E-state index in [0.717, 1.165) is 25.1 Å². The summed E-state index contributed by atoms with van der Waals surface area (Å²) in [5.74, 6) is -0.340. The summed E-state index contributed by atoms with van der Waals surface area (Å²) in [6.45, 7) is 4.94. The molecule has 0 bridgehead atoms. The highest BCUT2D eigenvalue weighted by Crippen LogP contribution is 2.42. The van der Waals surface area contributed by atoms with E-state index < -0.39 is 11.9 Å². The Hall–Kier alpha value is -2.32. The highest BCUT2D eigenvalue weighted by molar-refractivity contribution is 7.99. The molecule has 2 aliphatic rings. The molecular formula is C24H30FN3O3S. The van der Waals surface area contributed by atoms with Crippen LogP contribution in [0.3, 0.4) is 0 Å². The lowest BCUT2D eigenvalue weighted by Crippen LogP contribution is -2.48. The first-order chi connectivity index (χ1) is 15.5. The number of nitrogens with one attached hydrogen (secondary N) is 1. The number of piperidine rings is 1. The van der Waals surface area contributed by atoms with Crippen LogP contribution in [0, 0.1) is 5.82 Å². The number of rotatable bonds is 7. The quantitative estimate of drug-likeness (QED) is 0.633. The van der Waals surface area contributed by atoms with Gasteiger partial charge in [0.25, 0.3) is 5.91 Å². The summed E-state index contributed by atoms with van der Waals surface area (Å²) >= 11 is 1.53. The van der Waals surface area contributed by atoms with Gasteiger partial charge in [0.2, 0.25) is 5.91 Å². The first-order valence-electron chi connectivity index (χ1n) is 11.3. The molecule has 0 spiro atoms. The van der Waals surface area contributed by atoms with Gasteiger partial charge in [-0.05, 0) is 63.1 Å². The van der Waals surface area contributed by atoms with Crippen LogP contribution in [-0.4, -0.2) is 59.1 Å². The van der Waals surface area contributed by atoms with Crippen LogP contribution in [0.1, 0.15) is 53.9 Å². The zero-order chi connectivity index (χ0) is 22.5. The first kappa shape index (κ1) is 22.9. The standard InChI is InChI=1S/C24H30FN3O3S/c1-17-5-2-3-12-27(17)13-4-11-26-22(29)21-16-32-24(19-10-14-31-15-19)28(21)23(30)18-6-8-20(25)9-7-18/h6-10,14-15,17,21,24H,2-5,11-13,16H2,1H3,(H,26,29). The second-order valence-corrected chi connectivity index (χ2v) is 9.62. The van der Waals surface area contributed by atoms with Gasteiger partial charge < -0.3 is 19.5 Å². The van der Waals surface area contributed by atoms with Crippen molar-refractivity contribution in [2.24, 2.45) is 0 Å². The zero-order valence-electron chi connectivity index (χ0n) is 18.3. The van der Waals surface area contributed by atoms with Gasteiger partial charge in [0, 0.05) is 36.0 Å². The number of hydrogen-bond donors (Lipinski definition) is 1. The van der Waals surface area contributed by atoms with E-state index in [2.05, 4.69) is 17.1 Å². The number of likely N-dealkylation sites (tertiary alicyclic amines) is 1. The summed E-state index contributed by atoms with van der Waals surface area (Å²) in [6.07, 6.45) is 7.82. The summed E-state index contributed by atoms with van der Waals surface area (Å²) in [5, 5.41) is 2.71. The topological polar surface area (TPSA) is 65.8 Å². The molecule has 6 nitrogen and oxygen atoms in total. The third-order valence-electron chi connectivity index (χ3n) is 6.32. The Bertz CT molecular complexity index is 906. The lowest BCUT2D eigenvalue weighted by Gasteiger charge is -2.33. The van der Waals surface area contributed by atoms with Crippen molar-refractivity contribution in [1.29, 1.82) is 0 Å². The second-order valence-electron chi connectivity index (χ2n) is 8.50. The summed E-state index contributed by atoms with van der Waals surface area (Å²) in [6, 6.07) is 7.27. The molecule has 3 unspecified atom stereocenters. The highest BCUT2D eigenvalue weighted by atomic mass is 32.2. The number of benzene rings is 1. The maximum Gasteiger partial charge on any atom is 0.255 e. The van der Waals surface area contributed by atoms with E-state index in [1.54, 1.807) is 17.4 Å². The summed E-state index contributed by atoms with van der Waals surface area (Å²) < 4.78 is 18.6. The van der Waals surface area contributed by atoms with Crippen molar-refractivity contribution < 1.29 is 18.4 Å². The third-order valence-corrected chi connectivity index (χ3v) is 7.64. The van der Waals surface area contributed by atoms with Crippen LogP contribution in [-0.2, 0) is 4.79 Å². The summed E-state index contributed by atoms with van der Waals surface area (Å²) in [5.41, 5.74) is 1.19. The minimum atomic E-state index is -0.591. The van der Waals surface area contributed by atoms with Crippen molar-refractivity contribution in [1.82, 2.24) is 15.1 Å². The van der Waals surface area contributed by atoms with Gasteiger partial charge >= 0.3 is 0 Å². The molecule has 1 aromatic heterocycles. The number of amides is 2. The fourth-order valence-electron chi connectivity index (χ4n) is 4.47. The summed E-state index contributed by atoms with van der Waals surface area (Å²) in [4.78, 5) is 30.5. The van der Waals surface area contributed by atoms with E-state index in [9.17, 15) is 14.0 Å². The average Bonchev–Trinajstić information content (AvgIpc) is 3.47. The predicted molar refractivity (Wildman–Crippen MR) is 123 cm³/mol. The number of furan rings is 1.